The van der Waals surface area contributed by atoms with E-state index < -0.39 is 41.7 Å². The van der Waals surface area contributed by atoms with Crippen molar-refractivity contribution in [1.29, 1.82) is 0 Å². The molecule has 4 fully saturated rings. The van der Waals surface area contributed by atoms with Crippen molar-refractivity contribution in [3.63, 3.8) is 0 Å². The maximum absolute atomic E-state index is 13.7. The molecule has 47 heavy (non-hydrogen) atoms. The summed E-state index contributed by atoms with van der Waals surface area (Å²) in [5, 5.41) is 12.3. The maximum Gasteiger partial charge on any atom is 0.435 e. The second-order valence-corrected chi connectivity index (χ2v) is 13.0. The van der Waals surface area contributed by atoms with Crippen molar-refractivity contribution in [2.24, 2.45) is 24.8 Å². The minimum atomic E-state index is -4.94. The summed E-state index contributed by atoms with van der Waals surface area (Å²) in [7, 11) is 1.32. The van der Waals surface area contributed by atoms with E-state index in [1.807, 2.05) is 4.90 Å². The highest BCUT2D eigenvalue weighted by Gasteiger charge is 2.60. The zero-order valence-electron chi connectivity index (χ0n) is 25.0. The Morgan fingerprint density at radius 2 is 1.77 bits per heavy atom. The number of rotatable bonds is 7. The molecule has 4 atom stereocenters. The van der Waals surface area contributed by atoms with Crippen LogP contribution in [0.15, 0.2) is 30.6 Å². The van der Waals surface area contributed by atoms with Crippen molar-refractivity contribution in [3.8, 4) is 11.3 Å². The molecule has 2 saturated carbocycles. The number of amides is 3. The number of likely N-dealkylation sites (tertiary alicyclic amines) is 1. The second-order valence-electron chi connectivity index (χ2n) is 12.6. The van der Waals surface area contributed by atoms with Gasteiger partial charge in [0.1, 0.15) is 6.04 Å². The lowest BCUT2D eigenvalue weighted by atomic mass is 9.96. The molecular formula is C30H30ClF5N8O3. The second kappa shape index (κ2) is 11.3. The summed E-state index contributed by atoms with van der Waals surface area (Å²) in [4.78, 5) is 44.8. The van der Waals surface area contributed by atoms with Gasteiger partial charge in [0, 0.05) is 62.2 Å². The van der Waals surface area contributed by atoms with E-state index in [2.05, 4.69) is 26.0 Å². The fourth-order valence-corrected chi connectivity index (χ4v) is 7.01. The van der Waals surface area contributed by atoms with E-state index in [-0.39, 0.29) is 63.4 Å². The summed E-state index contributed by atoms with van der Waals surface area (Å²) in [6, 6.07) is 2.74. The molecular weight excluding hydrogens is 651 g/mol. The normalized spacial score (nSPS) is 25.0. The number of carbonyl (C=O) groups is 3. The first kappa shape index (κ1) is 31.5. The highest BCUT2D eigenvalue weighted by atomic mass is 35.5. The Hall–Kier alpha value is -4.05. The van der Waals surface area contributed by atoms with Gasteiger partial charge < -0.3 is 25.4 Å². The lowest BCUT2D eigenvalue weighted by molar-refractivity contribution is -0.141. The third kappa shape index (κ3) is 5.85. The highest BCUT2D eigenvalue weighted by molar-refractivity contribution is 6.34. The van der Waals surface area contributed by atoms with Gasteiger partial charge in [-0.1, -0.05) is 11.6 Å². The molecule has 4 aliphatic rings. The number of hydrogen-bond acceptors (Lipinski definition) is 6. The molecule has 2 aliphatic heterocycles. The summed E-state index contributed by atoms with van der Waals surface area (Å²) in [5.74, 6) is -3.94. The van der Waals surface area contributed by atoms with Gasteiger partial charge in [0.15, 0.2) is 11.5 Å². The van der Waals surface area contributed by atoms with Crippen molar-refractivity contribution in [1.82, 2.24) is 34.9 Å². The molecule has 3 amide bonds. The lowest BCUT2D eigenvalue weighted by Crippen LogP contribution is -2.43. The van der Waals surface area contributed by atoms with Crippen LogP contribution in [0.25, 0.3) is 11.3 Å². The van der Waals surface area contributed by atoms with E-state index in [1.54, 1.807) is 0 Å². The van der Waals surface area contributed by atoms with E-state index in [4.69, 9.17) is 11.6 Å². The zero-order chi connectivity index (χ0) is 33.4. The number of imidazole rings is 1. The first-order valence-corrected chi connectivity index (χ1v) is 15.6. The summed E-state index contributed by atoms with van der Waals surface area (Å²) in [6.07, 6.45) is -1.96. The van der Waals surface area contributed by atoms with Gasteiger partial charge >= 0.3 is 6.18 Å². The molecule has 17 heteroatoms. The summed E-state index contributed by atoms with van der Waals surface area (Å²) in [6.45, 7) is 2.91. The monoisotopic (exact) mass is 680 g/mol. The topological polar surface area (TPSA) is 126 Å². The number of halogens is 6. The van der Waals surface area contributed by atoms with Gasteiger partial charge in [-0.15, -0.1) is 0 Å². The molecule has 0 spiro atoms. The predicted octanol–water partition coefficient (Wildman–Crippen LogP) is 3.97. The Bertz CT molecular complexity index is 1760. The maximum atomic E-state index is 13.7. The zero-order valence-corrected chi connectivity index (χ0v) is 25.7. The molecule has 11 nitrogen and oxygen atoms in total. The minimum absolute atomic E-state index is 0.0525. The Balaban J connectivity index is 0.981. The van der Waals surface area contributed by atoms with Crippen molar-refractivity contribution in [3.05, 3.63) is 52.7 Å². The number of benzene rings is 1. The van der Waals surface area contributed by atoms with Gasteiger partial charge in [-0.3, -0.25) is 19.1 Å². The molecule has 2 aromatic heterocycles. The smallest absolute Gasteiger partial charge is 0.349 e. The van der Waals surface area contributed by atoms with Crippen molar-refractivity contribution in [2.75, 3.05) is 31.5 Å². The molecule has 2 aliphatic carbocycles. The van der Waals surface area contributed by atoms with Gasteiger partial charge in [0.05, 0.1) is 28.0 Å². The fraction of sp³-hybridized carbons (Fsp3) is 0.500. The van der Waals surface area contributed by atoms with Crippen LogP contribution in [0, 0.1) is 17.8 Å². The number of nitrogens with zero attached hydrogens (tertiary/aromatic N) is 5. The number of anilines is 1. The SMILES string of the molecule is Cn1c(-c2cn(C3CC3(F)F)nc2C(F)(F)F)cnc1C(=O)Nc1ccc(C(=O)NC2[C@H]3CN(C(=O)C4CCNCC4)C[C@@H]23)c(Cl)c1. The van der Waals surface area contributed by atoms with E-state index >= 15 is 0 Å². The molecule has 0 radical (unpaired) electrons. The average molecular weight is 681 g/mol. The predicted molar refractivity (Wildman–Crippen MR) is 158 cm³/mol. The van der Waals surface area contributed by atoms with Crippen LogP contribution in [-0.2, 0) is 18.0 Å². The quantitative estimate of drug-likeness (QED) is 0.325. The van der Waals surface area contributed by atoms with Crippen LogP contribution in [0.2, 0.25) is 5.02 Å². The van der Waals surface area contributed by atoms with E-state index in [0.717, 1.165) is 42.9 Å². The van der Waals surface area contributed by atoms with Crippen LogP contribution in [-0.4, -0.2) is 80.1 Å². The molecule has 250 valence electrons. The molecule has 2 unspecified atom stereocenters. The molecule has 7 rings (SSSR count). The van der Waals surface area contributed by atoms with E-state index in [0.29, 0.717) is 17.8 Å². The fourth-order valence-electron chi connectivity index (χ4n) is 6.75. The van der Waals surface area contributed by atoms with Gasteiger partial charge in [-0.25, -0.2) is 13.8 Å². The lowest BCUT2D eigenvalue weighted by Gasteiger charge is -2.28. The molecule has 1 aromatic carbocycles. The number of alkyl halides is 5. The van der Waals surface area contributed by atoms with E-state index in [9.17, 15) is 36.3 Å². The summed E-state index contributed by atoms with van der Waals surface area (Å²) < 4.78 is 70.1. The third-order valence-corrected chi connectivity index (χ3v) is 9.86. The standard InChI is InChI=1S/C30H30ClF5N8O3/c1-42-21(19-13-44(22-9-29(22,32)33)41-24(19)30(34,35)36)10-38-25(42)27(46)39-15-2-3-16(20(31)8-15)26(45)40-23-17-11-43(12-18(17)23)28(47)14-4-6-37-7-5-14/h2-3,8,10,13-14,17-18,22-23,37H,4-7,9,11-12H2,1H3,(H,39,46)(H,40,45)/t17-,18+,22?,23?. The van der Waals surface area contributed by atoms with Gasteiger partial charge in [-0.05, 0) is 44.1 Å². The van der Waals surface area contributed by atoms with Crippen molar-refractivity contribution in [2.45, 2.75) is 43.4 Å². The average Bonchev–Trinajstić information content (AvgIpc) is 3.52. The molecule has 3 N–H and O–H groups in total. The number of hydrogen-bond donors (Lipinski definition) is 3. The van der Waals surface area contributed by atoms with E-state index in [1.165, 1.54) is 25.2 Å². The van der Waals surface area contributed by atoms with Crippen molar-refractivity contribution < 1.29 is 36.3 Å². The highest BCUT2D eigenvalue weighted by Crippen LogP contribution is 2.53. The van der Waals surface area contributed by atoms with Gasteiger partial charge in [0.25, 0.3) is 17.7 Å². The van der Waals surface area contributed by atoms with Crippen LogP contribution in [0.4, 0.5) is 27.6 Å². The van der Waals surface area contributed by atoms with Gasteiger partial charge in [-0.2, -0.15) is 18.3 Å². The Morgan fingerprint density at radius 3 is 2.38 bits per heavy atom. The Morgan fingerprint density at radius 1 is 1.09 bits per heavy atom. The Labute approximate surface area is 269 Å². The third-order valence-electron chi connectivity index (χ3n) is 9.54. The Kier molecular flexibility index (Phi) is 7.57. The number of aromatic nitrogens is 4. The molecule has 4 heterocycles. The summed E-state index contributed by atoms with van der Waals surface area (Å²) in [5.41, 5.74) is -1.61. The van der Waals surface area contributed by atoms with Crippen LogP contribution in [0.3, 0.4) is 0 Å². The van der Waals surface area contributed by atoms with Crippen LogP contribution in [0.5, 0.6) is 0 Å². The largest absolute Gasteiger partial charge is 0.435 e. The molecule has 3 aromatic rings. The van der Waals surface area contributed by atoms with Crippen LogP contribution < -0.4 is 16.0 Å². The minimum Gasteiger partial charge on any atom is -0.349 e. The molecule has 0 bridgehead atoms. The van der Waals surface area contributed by atoms with Crippen LogP contribution >= 0.6 is 11.6 Å². The summed E-state index contributed by atoms with van der Waals surface area (Å²) >= 11 is 6.40. The first-order valence-electron chi connectivity index (χ1n) is 15.2. The number of nitrogens with one attached hydrogen (secondary N) is 3. The number of fused-ring (bicyclic) bond motifs is 1. The number of piperidine rings is 2. The molecule has 2 saturated heterocycles. The van der Waals surface area contributed by atoms with Gasteiger partial charge in [0.2, 0.25) is 5.91 Å². The number of carbonyl (C=O) groups excluding carboxylic acids is 3. The van der Waals surface area contributed by atoms with Crippen molar-refractivity contribution >= 4 is 35.0 Å². The first-order chi connectivity index (χ1) is 22.2. The van der Waals surface area contributed by atoms with Crippen LogP contribution in [0.1, 0.15) is 52.0 Å².